The molecule has 1 unspecified atom stereocenters. The van der Waals surface area contributed by atoms with E-state index >= 15 is 0 Å². The highest BCUT2D eigenvalue weighted by molar-refractivity contribution is 5.76. The molecule has 0 aliphatic heterocycles. The Morgan fingerprint density at radius 3 is 2.86 bits per heavy atom. The predicted molar refractivity (Wildman–Crippen MR) is 87.8 cm³/mol. The lowest BCUT2D eigenvalue weighted by molar-refractivity contribution is 0.144. The number of rotatable bonds is 9. The molecule has 1 atom stereocenters. The summed E-state index contributed by atoms with van der Waals surface area (Å²) in [4.78, 5) is 4.74. The molecule has 2 aromatic rings. The van der Waals surface area contributed by atoms with Crippen LogP contribution in [0.5, 0.6) is 0 Å². The number of nitrogens with one attached hydrogen (secondary N) is 1. The monoisotopic (exact) mass is 289 g/mol. The summed E-state index contributed by atoms with van der Waals surface area (Å²) in [6.45, 7) is 10.1. The van der Waals surface area contributed by atoms with Crippen molar-refractivity contribution in [3.63, 3.8) is 0 Å². The van der Waals surface area contributed by atoms with Crippen molar-refractivity contribution in [2.24, 2.45) is 0 Å². The highest BCUT2D eigenvalue weighted by Crippen LogP contribution is 2.21. The average molecular weight is 289 g/mol. The van der Waals surface area contributed by atoms with Crippen molar-refractivity contribution in [2.45, 2.75) is 39.7 Å². The van der Waals surface area contributed by atoms with Crippen molar-refractivity contribution in [2.75, 3.05) is 26.3 Å². The summed E-state index contributed by atoms with van der Waals surface area (Å²) in [5, 5.41) is 3.52. The van der Waals surface area contributed by atoms with Crippen molar-refractivity contribution in [3.8, 4) is 0 Å². The maximum Gasteiger partial charge on any atom is 0.109 e. The number of para-hydroxylation sites is 2. The minimum Gasteiger partial charge on any atom is -0.382 e. The Morgan fingerprint density at radius 1 is 1.29 bits per heavy atom. The molecule has 2 rings (SSSR count). The van der Waals surface area contributed by atoms with Gasteiger partial charge in [-0.2, -0.15) is 0 Å². The van der Waals surface area contributed by atoms with Gasteiger partial charge in [0.25, 0.3) is 0 Å². The molecule has 0 fully saturated rings. The number of hydrogen-bond acceptors (Lipinski definition) is 3. The van der Waals surface area contributed by atoms with Crippen LogP contribution >= 0.6 is 0 Å². The summed E-state index contributed by atoms with van der Waals surface area (Å²) in [6.07, 6.45) is 2.02. The van der Waals surface area contributed by atoms with Crippen LogP contribution in [-0.4, -0.2) is 35.9 Å². The first kappa shape index (κ1) is 16.0. The Kier molecular flexibility index (Phi) is 6.21. The van der Waals surface area contributed by atoms with Crippen molar-refractivity contribution < 1.29 is 4.74 Å². The van der Waals surface area contributed by atoms with Crippen LogP contribution in [0, 0.1) is 0 Å². The maximum atomic E-state index is 5.35. The molecule has 1 N–H and O–H groups in total. The average Bonchev–Trinajstić information content (AvgIpc) is 2.89. The van der Waals surface area contributed by atoms with E-state index in [1.807, 2.05) is 6.92 Å². The second kappa shape index (κ2) is 8.15. The molecule has 0 saturated carbocycles. The Labute approximate surface area is 127 Å². The number of fused-ring (bicyclic) bond motifs is 1. The van der Waals surface area contributed by atoms with Crippen molar-refractivity contribution in [3.05, 3.63) is 30.1 Å². The van der Waals surface area contributed by atoms with E-state index in [4.69, 9.17) is 9.72 Å². The van der Waals surface area contributed by atoms with E-state index < -0.39 is 0 Å². The van der Waals surface area contributed by atoms with Crippen LogP contribution in [0.2, 0.25) is 0 Å². The highest BCUT2D eigenvalue weighted by Gasteiger charge is 2.13. The van der Waals surface area contributed by atoms with E-state index in [0.717, 1.165) is 44.7 Å². The number of nitrogens with zero attached hydrogens (tertiary/aromatic N) is 2. The SMILES string of the molecule is CCOCCCNCC(C)n1c(CC)nc2ccccc21. The molecule has 1 aromatic heterocycles. The standard InChI is InChI=1S/C17H27N3O/c1-4-17-19-15-9-6-7-10-16(15)20(17)14(3)13-18-11-8-12-21-5-2/h6-7,9-10,14,18H,4-5,8,11-13H2,1-3H3. The van der Waals surface area contributed by atoms with Gasteiger partial charge in [-0.15, -0.1) is 0 Å². The van der Waals surface area contributed by atoms with E-state index in [0.29, 0.717) is 6.04 Å². The summed E-state index contributed by atoms with van der Waals surface area (Å²) in [7, 11) is 0. The molecule has 1 heterocycles. The van der Waals surface area contributed by atoms with Gasteiger partial charge in [-0.25, -0.2) is 4.98 Å². The first-order chi connectivity index (χ1) is 10.3. The van der Waals surface area contributed by atoms with Gasteiger partial charge in [-0.3, -0.25) is 0 Å². The molecule has 0 bridgehead atoms. The van der Waals surface area contributed by atoms with Crippen molar-refractivity contribution in [1.82, 2.24) is 14.9 Å². The topological polar surface area (TPSA) is 39.1 Å². The van der Waals surface area contributed by atoms with Crippen LogP contribution in [-0.2, 0) is 11.2 Å². The number of aryl methyl sites for hydroxylation is 1. The Bertz CT molecular complexity index is 550. The second-order valence-electron chi connectivity index (χ2n) is 5.34. The molecule has 0 radical (unpaired) electrons. The second-order valence-corrected chi connectivity index (χ2v) is 5.34. The molecule has 21 heavy (non-hydrogen) atoms. The molecular weight excluding hydrogens is 262 g/mol. The number of hydrogen-bond donors (Lipinski definition) is 1. The zero-order chi connectivity index (χ0) is 15.1. The van der Waals surface area contributed by atoms with Crippen molar-refractivity contribution >= 4 is 11.0 Å². The van der Waals surface area contributed by atoms with Crippen LogP contribution in [0.3, 0.4) is 0 Å². The van der Waals surface area contributed by atoms with E-state index in [1.165, 1.54) is 11.3 Å². The predicted octanol–water partition coefficient (Wildman–Crippen LogP) is 3.18. The van der Waals surface area contributed by atoms with Gasteiger partial charge in [0.05, 0.1) is 11.0 Å². The fourth-order valence-corrected chi connectivity index (χ4v) is 2.68. The van der Waals surface area contributed by atoms with E-state index in [-0.39, 0.29) is 0 Å². The van der Waals surface area contributed by atoms with Gasteiger partial charge in [0.15, 0.2) is 0 Å². The van der Waals surface area contributed by atoms with Gasteiger partial charge in [-0.1, -0.05) is 19.1 Å². The Balaban J connectivity index is 1.97. The van der Waals surface area contributed by atoms with Crippen LogP contribution in [0.1, 0.15) is 39.1 Å². The van der Waals surface area contributed by atoms with Crippen LogP contribution in [0.4, 0.5) is 0 Å². The third kappa shape index (κ3) is 4.05. The summed E-state index contributed by atoms with van der Waals surface area (Å²) in [5.41, 5.74) is 2.33. The lowest BCUT2D eigenvalue weighted by Gasteiger charge is -2.18. The summed E-state index contributed by atoms with van der Waals surface area (Å²) < 4.78 is 7.72. The Hall–Kier alpha value is -1.39. The molecule has 1 aromatic carbocycles. The lowest BCUT2D eigenvalue weighted by atomic mass is 10.2. The molecule has 0 aliphatic carbocycles. The number of aromatic nitrogens is 2. The molecule has 116 valence electrons. The van der Waals surface area contributed by atoms with Gasteiger partial charge in [0, 0.05) is 32.2 Å². The number of imidazole rings is 1. The fraction of sp³-hybridized carbons (Fsp3) is 0.588. The zero-order valence-corrected chi connectivity index (χ0v) is 13.4. The minimum absolute atomic E-state index is 0.402. The molecule has 0 amide bonds. The fourth-order valence-electron chi connectivity index (χ4n) is 2.68. The maximum absolute atomic E-state index is 5.35. The van der Waals surface area contributed by atoms with E-state index in [2.05, 4.69) is 48.0 Å². The first-order valence-electron chi connectivity index (χ1n) is 8.02. The normalized spacial score (nSPS) is 12.9. The smallest absolute Gasteiger partial charge is 0.109 e. The first-order valence-corrected chi connectivity index (χ1v) is 8.02. The summed E-state index contributed by atoms with van der Waals surface area (Å²) in [5.74, 6) is 1.17. The summed E-state index contributed by atoms with van der Waals surface area (Å²) in [6, 6.07) is 8.79. The van der Waals surface area contributed by atoms with Gasteiger partial charge in [0.2, 0.25) is 0 Å². The van der Waals surface area contributed by atoms with Gasteiger partial charge in [0.1, 0.15) is 5.82 Å². The zero-order valence-electron chi connectivity index (χ0n) is 13.4. The van der Waals surface area contributed by atoms with Crippen LogP contribution < -0.4 is 5.32 Å². The third-order valence-corrected chi connectivity index (χ3v) is 3.71. The van der Waals surface area contributed by atoms with Gasteiger partial charge >= 0.3 is 0 Å². The van der Waals surface area contributed by atoms with Gasteiger partial charge in [-0.05, 0) is 38.9 Å². The molecule has 0 saturated heterocycles. The van der Waals surface area contributed by atoms with Crippen LogP contribution in [0.15, 0.2) is 24.3 Å². The third-order valence-electron chi connectivity index (χ3n) is 3.71. The molecule has 0 spiro atoms. The molecule has 4 nitrogen and oxygen atoms in total. The molecular formula is C17H27N3O. The highest BCUT2D eigenvalue weighted by atomic mass is 16.5. The van der Waals surface area contributed by atoms with Crippen LogP contribution in [0.25, 0.3) is 11.0 Å². The number of ether oxygens (including phenoxy) is 1. The van der Waals surface area contributed by atoms with E-state index in [1.54, 1.807) is 0 Å². The van der Waals surface area contributed by atoms with E-state index in [9.17, 15) is 0 Å². The molecule has 4 heteroatoms. The summed E-state index contributed by atoms with van der Waals surface area (Å²) >= 11 is 0. The quantitative estimate of drug-likeness (QED) is 0.721. The largest absolute Gasteiger partial charge is 0.382 e. The lowest BCUT2D eigenvalue weighted by Crippen LogP contribution is -2.26. The Morgan fingerprint density at radius 2 is 2.10 bits per heavy atom. The van der Waals surface area contributed by atoms with Gasteiger partial charge < -0.3 is 14.6 Å². The van der Waals surface area contributed by atoms with Crippen molar-refractivity contribution in [1.29, 1.82) is 0 Å². The number of benzene rings is 1. The minimum atomic E-state index is 0.402. The molecule has 0 aliphatic rings.